The fraction of sp³-hybridized carbons (Fsp3) is 0. The lowest BCUT2D eigenvalue weighted by Crippen LogP contribution is -1.96. The minimum absolute atomic E-state index is 0.708. The molecule has 0 N–H and O–H groups in total. The lowest BCUT2D eigenvalue weighted by Gasteiger charge is -2.10. The first-order valence-electron chi connectivity index (χ1n) is 14.6. The van der Waals surface area contributed by atoms with Crippen LogP contribution in [0, 0.1) is 0 Å². The number of pyridine rings is 1. The maximum Gasteiger partial charge on any atom is 0.159 e. The third-order valence-corrected chi connectivity index (χ3v) is 9.45. The predicted octanol–water partition coefficient (Wildman–Crippen LogP) is 10.3. The molecule has 0 aliphatic rings. The Balaban J connectivity index is 1.24. The highest BCUT2D eigenvalue weighted by Gasteiger charge is 2.18. The summed E-state index contributed by atoms with van der Waals surface area (Å²) in [5.74, 6) is 0.708. The van der Waals surface area contributed by atoms with Crippen LogP contribution in [0.5, 0.6) is 0 Å². The Labute approximate surface area is 257 Å². The second-order valence-electron chi connectivity index (χ2n) is 10.9. The molecule has 4 aromatic heterocycles. The van der Waals surface area contributed by atoms with Crippen LogP contribution in [0.3, 0.4) is 0 Å². The first-order chi connectivity index (χ1) is 21.8. The lowest BCUT2D eigenvalue weighted by molar-refractivity contribution is 1.16. The van der Waals surface area contributed by atoms with Crippen LogP contribution in [-0.4, -0.2) is 19.5 Å². The van der Waals surface area contributed by atoms with Gasteiger partial charge in [-0.05, 0) is 60.2 Å². The highest BCUT2D eigenvalue weighted by atomic mass is 32.1. The molecule has 0 saturated heterocycles. The van der Waals surface area contributed by atoms with Gasteiger partial charge in [0.2, 0.25) is 0 Å². The summed E-state index contributed by atoms with van der Waals surface area (Å²) in [5, 5.41) is 3.72. The molecule has 0 fully saturated rings. The van der Waals surface area contributed by atoms with Crippen LogP contribution in [-0.2, 0) is 0 Å². The second kappa shape index (κ2) is 9.97. The van der Waals surface area contributed by atoms with E-state index >= 15 is 0 Å². The SMILES string of the molecule is c1ccc(-c2cnc3c4cc5c(cc4n(-c4ccc(-c6nccc(-c7ccccc7)n6)cc4)c3c2)sc2ccccc25)cc1. The van der Waals surface area contributed by atoms with Crippen molar-refractivity contribution in [3.8, 4) is 39.5 Å². The molecule has 0 aliphatic carbocycles. The number of hydrogen-bond donors (Lipinski definition) is 0. The Bertz CT molecular complexity index is 2480. The zero-order valence-electron chi connectivity index (χ0n) is 23.6. The summed E-state index contributed by atoms with van der Waals surface area (Å²) in [4.78, 5) is 14.5. The Hall–Kier alpha value is -5.65. The molecule has 5 heteroatoms. The number of fused-ring (bicyclic) bond motifs is 6. The summed E-state index contributed by atoms with van der Waals surface area (Å²) in [6, 6.07) is 46.8. The van der Waals surface area contributed by atoms with Crippen LogP contribution < -0.4 is 0 Å². The lowest BCUT2D eigenvalue weighted by atomic mass is 10.1. The molecule has 44 heavy (non-hydrogen) atoms. The van der Waals surface area contributed by atoms with Gasteiger partial charge < -0.3 is 4.57 Å². The minimum Gasteiger partial charge on any atom is -0.308 e. The smallest absolute Gasteiger partial charge is 0.159 e. The van der Waals surface area contributed by atoms with E-state index in [1.807, 2.05) is 54.1 Å². The van der Waals surface area contributed by atoms with Crippen molar-refractivity contribution in [3.05, 3.63) is 146 Å². The van der Waals surface area contributed by atoms with E-state index in [9.17, 15) is 0 Å². The summed E-state index contributed by atoms with van der Waals surface area (Å²) in [5.41, 5.74) is 9.50. The van der Waals surface area contributed by atoms with Gasteiger partial charge in [-0.3, -0.25) is 4.98 Å². The van der Waals surface area contributed by atoms with Gasteiger partial charge in [-0.15, -0.1) is 11.3 Å². The van der Waals surface area contributed by atoms with E-state index in [1.54, 1.807) is 0 Å². The maximum absolute atomic E-state index is 5.07. The highest BCUT2D eigenvalue weighted by Crippen LogP contribution is 2.41. The Morgan fingerprint density at radius 2 is 1.25 bits per heavy atom. The molecule has 0 radical (unpaired) electrons. The third-order valence-electron chi connectivity index (χ3n) is 8.32. The van der Waals surface area contributed by atoms with E-state index < -0.39 is 0 Å². The van der Waals surface area contributed by atoms with Crippen LogP contribution in [0.15, 0.2) is 146 Å². The standard InChI is InChI=1S/C39H24N4S/c1-3-9-25(10-4-1)28-21-35-38(41-24-28)32-22-31-30-13-7-8-14-36(30)44-37(31)23-34(32)43(35)29-17-15-27(16-18-29)39-40-20-19-33(42-39)26-11-5-2-6-12-26/h1-24H. The number of hydrogen-bond acceptors (Lipinski definition) is 4. The number of rotatable bonds is 4. The van der Waals surface area contributed by atoms with Crippen LogP contribution >= 0.6 is 11.3 Å². The quantitative estimate of drug-likeness (QED) is 0.208. The molecule has 0 aliphatic heterocycles. The van der Waals surface area contributed by atoms with Crippen molar-refractivity contribution >= 4 is 53.4 Å². The number of nitrogens with zero attached hydrogens (tertiary/aromatic N) is 4. The van der Waals surface area contributed by atoms with Gasteiger partial charge in [-0.1, -0.05) is 78.9 Å². The highest BCUT2D eigenvalue weighted by molar-refractivity contribution is 7.25. The van der Waals surface area contributed by atoms with Gasteiger partial charge in [0, 0.05) is 60.3 Å². The van der Waals surface area contributed by atoms with E-state index in [4.69, 9.17) is 9.97 Å². The Kier molecular flexibility index (Phi) is 5.64. The van der Waals surface area contributed by atoms with Crippen LogP contribution in [0.2, 0.25) is 0 Å². The van der Waals surface area contributed by atoms with E-state index in [0.717, 1.165) is 55.6 Å². The monoisotopic (exact) mass is 580 g/mol. The summed E-state index contributed by atoms with van der Waals surface area (Å²) in [7, 11) is 0. The molecular weight excluding hydrogens is 557 g/mol. The molecule has 0 amide bonds. The first-order valence-corrected chi connectivity index (χ1v) is 15.4. The van der Waals surface area contributed by atoms with Crippen LogP contribution in [0.4, 0.5) is 0 Å². The van der Waals surface area contributed by atoms with Crippen molar-refractivity contribution in [1.82, 2.24) is 19.5 Å². The van der Waals surface area contributed by atoms with Crippen molar-refractivity contribution in [1.29, 1.82) is 0 Å². The molecule has 0 unspecified atom stereocenters. The fourth-order valence-electron chi connectivity index (χ4n) is 6.19. The zero-order chi connectivity index (χ0) is 29.0. The molecule has 0 bridgehead atoms. The van der Waals surface area contributed by atoms with Crippen molar-refractivity contribution in [2.24, 2.45) is 0 Å². The van der Waals surface area contributed by atoms with E-state index in [0.29, 0.717) is 5.82 Å². The predicted molar refractivity (Wildman–Crippen MR) is 183 cm³/mol. The Morgan fingerprint density at radius 1 is 0.500 bits per heavy atom. The molecule has 4 heterocycles. The average molecular weight is 581 g/mol. The van der Waals surface area contributed by atoms with Gasteiger partial charge in [0.15, 0.2) is 5.82 Å². The molecule has 9 aromatic rings. The number of benzene rings is 5. The maximum atomic E-state index is 5.07. The molecule has 0 atom stereocenters. The van der Waals surface area contributed by atoms with Crippen molar-refractivity contribution in [2.45, 2.75) is 0 Å². The molecule has 0 spiro atoms. The second-order valence-corrected chi connectivity index (χ2v) is 12.0. The number of thiophene rings is 1. The van der Waals surface area contributed by atoms with Crippen molar-refractivity contribution in [2.75, 3.05) is 0 Å². The molecule has 0 saturated carbocycles. The third kappa shape index (κ3) is 4.02. The molecule has 5 aromatic carbocycles. The minimum atomic E-state index is 0.708. The van der Waals surface area contributed by atoms with Gasteiger partial charge in [0.1, 0.15) is 0 Å². The number of aromatic nitrogens is 4. The van der Waals surface area contributed by atoms with E-state index in [1.165, 1.54) is 20.2 Å². The van der Waals surface area contributed by atoms with Crippen molar-refractivity contribution < 1.29 is 0 Å². The summed E-state index contributed by atoms with van der Waals surface area (Å²) < 4.78 is 4.92. The topological polar surface area (TPSA) is 43.6 Å². The van der Waals surface area contributed by atoms with E-state index in [-0.39, 0.29) is 0 Å². The average Bonchev–Trinajstić information content (AvgIpc) is 3.62. The zero-order valence-corrected chi connectivity index (χ0v) is 24.4. The van der Waals surface area contributed by atoms with E-state index in [2.05, 4.69) is 113 Å². The Morgan fingerprint density at radius 3 is 2.07 bits per heavy atom. The normalized spacial score (nSPS) is 11.6. The largest absolute Gasteiger partial charge is 0.308 e. The van der Waals surface area contributed by atoms with Gasteiger partial charge in [0.25, 0.3) is 0 Å². The van der Waals surface area contributed by atoms with Crippen LogP contribution in [0.1, 0.15) is 0 Å². The van der Waals surface area contributed by atoms with Crippen LogP contribution in [0.25, 0.3) is 81.6 Å². The van der Waals surface area contributed by atoms with Crippen molar-refractivity contribution in [3.63, 3.8) is 0 Å². The summed E-state index contributed by atoms with van der Waals surface area (Å²) in [6.45, 7) is 0. The van der Waals surface area contributed by atoms with Gasteiger partial charge in [-0.2, -0.15) is 0 Å². The molecule has 4 nitrogen and oxygen atoms in total. The van der Waals surface area contributed by atoms with Gasteiger partial charge in [0.05, 0.1) is 22.2 Å². The first kappa shape index (κ1) is 24.9. The summed E-state index contributed by atoms with van der Waals surface area (Å²) in [6.07, 6.45) is 3.83. The molecular formula is C39H24N4S. The summed E-state index contributed by atoms with van der Waals surface area (Å²) >= 11 is 1.84. The van der Waals surface area contributed by atoms with Gasteiger partial charge in [-0.25, -0.2) is 9.97 Å². The molecule has 9 rings (SSSR count). The molecule has 206 valence electrons. The van der Waals surface area contributed by atoms with Gasteiger partial charge >= 0.3 is 0 Å². The fourth-order valence-corrected chi connectivity index (χ4v) is 7.31.